The van der Waals surface area contributed by atoms with Crippen LogP contribution < -0.4 is 10.2 Å². The lowest BCUT2D eigenvalue weighted by molar-refractivity contribution is -0.134. The summed E-state index contributed by atoms with van der Waals surface area (Å²) in [5.41, 5.74) is 9.08. The van der Waals surface area contributed by atoms with Gasteiger partial charge in [0.2, 0.25) is 11.8 Å². The van der Waals surface area contributed by atoms with Crippen LogP contribution in [0.3, 0.4) is 0 Å². The topological polar surface area (TPSA) is 109 Å². The quantitative estimate of drug-likeness (QED) is 0.250. The fourth-order valence-electron chi connectivity index (χ4n) is 7.99. The van der Waals surface area contributed by atoms with Crippen LogP contribution in [0.15, 0.2) is 54.6 Å². The van der Waals surface area contributed by atoms with Gasteiger partial charge in [-0.2, -0.15) is 5.26 Å². The van der Waals surface area contributed by atoms with E-state index in [0.29, 0.717) is 24.4 Å². The van der Waals surface area contributed by atoms with Crippen molar-refractivity contribution in [2.24, 2.45) is 0 Å². The zero-order valence-corrected chi connectivity index (χ0v) is 27.6. The molecule has 1 aliphatic carbocycles. The van der Waals surface area contributed by atoms with Gasteiger partial charge in [-0.1, -0.05) is 51.1 Å². The van der Waals surface area contributed by atoms with Crippen molar-refractivity contribution in [3.63, 3.8) is 0 Å². The summed E-state index contributed by atoms with van der Waals surface area (Å²) >= 11 is 0. The number of nitriles is 1. The van der Waals surface area contributed by atoms with E-state index < -0.39 is 5.41 Å². The predicted molar refractivity (Wildman–Crippen MR) is 183 cm³/mol. The molecule has 1 atom stereocenters. The average molecular weight is 628 g/mol. The average Bonchev–Trinajstić information content (AvgIpc) is 3.47. The number of aromatic amines is 1. The van der Waals surface area contributed by atoms with Gasteiger partial charge in [0.15, 0.2) is 5.78 Å². The zero-order valence-electron chi connectivity index (χ0n) is 27.6. The predicted octanol–water partition coefficient (Wildman–Crippen LogP) is 6.09. The number of carbonyl (C=O) groups excluding carboxylic acids is 3. The van der Waals surface area contributed by atoms with E-state index >= 15 is 0 Å². The van der Waals surface area contributed by atoms with Crippen molar-refractivity contribution < 1.29 is 14.4 Å². The highest BCUT2D eigenvalue weighted by Gasteiger charge is 2.41. The van der Waals surface area contributed by atoms with Crippen molar-refractivity contribution in [1.82, 2.24) is 15.2 Å². The molecule has 2 N–H and O–H groups in total. The lowest BCUT2D eigenvalue weighted by atomic mass is 9.70. The molecular weight excluding hydrogens is 586 g/mol. The van der Waals surface area contributed by atoms with Crippen molar-refractivity contribution in [2.75, 3.05) is 25.0 Å². The largest absolute Gasteiger partial charge is 0.371 e. The molecule has 47 heavy (non-hydrogen) atoms. The van der Waals surface area contributed by atoms with Crippen LogP contribution in [0.4, 0.5) is 5.69 Å². The smallest absolute Gasteiger partial charge is 0.234 e. The van der Waals surface area contributed by atoms with Crippen LogP contribution in [0, 0.1) is 11.3 Å². The van der Waals surface area contributed by atoms with E-state index in [1.165, 1.54) is 16.8 Å². The number of piperidine rings is 2. The Morgan fingerprint density at radius 3 is 2.43 bits per heavy atom. The van der Waals surface area contributed by atoms with Crippen LogP contribution in [0.5, 0.6) is 0 Å². The lowest BCUT2D eigenvalue weighted by Gasteiger charge is -2.40. The molecule has 1 aromatic heterocycles. The Morgan fingerprint density at radius 2 is 1.74 bits per heavy atom. The van der Waals surface area contributed by atoms with Crippen molar-refractivity contribution in [1.29, 1.82) is 5.26 Å². The van der Waals surface area contributed by atoms with Crippen LogP contribution >= 0.6 is 0 Å². The Morgan fingerprint density at radius 1 is 1.00 bits per heavy atom. The molecule has 8 nitrogen and oxygen atoms in total. The maximum absolute atomic E-state index is 14.0. The summed E-state index contributed by atoms with van der Waals surface area (Å²) in [6, 6.07) is 20.9. The molecule has 0 spiro atoms. The molecular formula is C39H41N5O3. The Labute approximate surface area is 275 Å². The van der Waals surface area contributed by atoms with Gasteiger partial charge in [0.05, 0.1) is 23.1 Å². The van der Waals surface area contributed by atoms with E-state index in [4.69, 9.17) is 0 Å². The summed E-state index contributed by atoms with van der Waals surface area (Å²) in [7, 11) is 2.19. The number of imide groups is 1. The van der Waals surface area contributed by atoms with Gasteiger partial charge in [0.25, 0.3) is 0 Å². The van der Waals surface area contributed by atoms with E-state index in [1.807, 2.05) is 24.3 Å². The number of aromatic nitrogens is 1. The number of amides is 2. The highest BCUT2D eigenvalue weighted by atomic mass is 16.2. The van der Waals surface area contributed by atoms with E-state index in [-0.39, 0.29) is 23.5 Å². The summed E-state index contributed by atoms with van der Waals surface area (Å²) in [5, 5.41) is 12.8. The first-order valence-corrected chi connectivity index (χ1v) is 16.7. The van der Waals surface area contributed by atoms with Crippen molar-refractivity contribution in [3.8, 4) is 6.07 Å². The SMILES string of the molecule is CCc1cc2c(cc1N1CCC(N(C)Cc3ccc(C4CCC(=O)NC4=O)cc3)CC1)C(C)(C)c1[nH]c3cc(C#N)ccc3c1C2=O. The molecule has 3 aliphatic rings. The van der Waals surface area contributed by atoms with E-state index in [0.717, 1.165) is 77.7 Å². The molecule has 240 valence electrons. The van der Waals surface area contributed by atoms with Crippen LogP contribution in [0.1, 0.15) is 102 Å². The van der Waals surface area contributed by atoms with Gasteiger partial charge in [-0.05, 0) is 79.3 Å². The number of benzene rings is 3. The molecule has 7 rings (SSSR count). The molecule has 3 aromatic carbocycles. The molecule has 2 saturated heterocycles. The van der Waals surface area contributed by atoms with Crippen LogP contribution in [0.2, 0.25) is 0 Å². The van der Waals surface area contributed by atoms with Crippen LogP contribution in [-0.2, 0) is 28.0 Å². The van der Waals surface area contributed by atoms with Gasteiger partial charge in [0.1, 0.15) is 0 Å². The van der Waals surface area contributed by atoms with E-state index in [9.17, 15) is 19.6 Å². The third-order valence-corrected chi connectivity index (χ3v) is 10.8. The van der Waals surface area contributed by atoms with Crippen molar-refractivity contribution >= 4 is 34.2 Å². The van der Waals surface area contributed by atoms with Crippen LogP contribution in [-0.4, -0.2) is 53.7 Å². The minimum atomic E-state index is -0.405. The number of ketones is 1. The fraction of sp³-hybridized carbons (Fsp3) is 0.385. The second-order valence-corrected chi connectivity index (χ2v) is 14.0. The number of nitrogens with one attached hydrogen (secondary N) is 2. The molecule has 2 aliphatic heterocycles. The Bertz CT molecular complexity index is 1960. The summed E-state index contributed by atoms with van der Waals surface area (Å²) < 4.78 is 0. The molecule has 4 aromatic rings. The number of hydrogen-bond donors (Lipinski definition) is 2. The highest BCUT2D eigenvalue weighted by Crippen LogP contribution is 2.46. The number of fused-ring (bicyclic) bond motifs is 4. The minimum Gasteiger partial charge on any atom is -0.371 e. The van der Waals surface area contributed by atoms with Gasteiger partial charge in [-0.3, -0.25) is 24.6 Å². The molecule has 3 heterocycles. The number of aryl methyl sites for hydroxylation is 1. The van der Waals surface area contributed by atoms with Gasteiger partial charge in [0, 0.05) is 65.4 Å². The summed E-state index contributed by atoms with van der Waals surface area (Å²) in [4.78, 5) is 46.3. The highest BCUT2D eigenvalue weighted by molar-refractivity contribution is 6.20. The minimum absolute atomic E-state index is 0.0528. The van der Waals surface area contributed by atoms with Crippen molar-refractivity contribution in [2.45, 2.75) is 76.8 Å². The maximum atomic E-state index is 14.0. The first-order valence-electron chi connectivity index (χ1n) is 16.7. The second-order valence-electron chi connectivity index (χ2n) is 14.0. The molecule has 0 bridgehead atoms. The molecule has 0 saturated carbocycles. The number of hydrogen-bond acceptors (Lipinski definition) is 6. The first kappa shape index (κ1) is 30.9. The number of H-pyrrole nitrogens is 1. The standard InChI is InChI=1S/C39H41N5O3/c1-5-25-19-30-31(39(2,3)37-35(36(30)46)29-11-8-24(21-40)18-32(29)41-37)20-33(25)44-16-14-27(15-17-44)43(4)22-23-6-9-26(10-7-23)28-12-13-34(45)42-38(28)47/h6-11,18-20,27-28,41H,5,12-17,22H2,1-4H3,(H,42,45,47). The van der Waals surface area contributed by atoms with Gasteiger partial charge in [-0.15, -0.1) is 0 Å². The van der Waals surface area contributed by atoms with Gasteiger partial charge < -0.3 is 9.88 Å². The monoisotopic (exact) mass is 627 g/mol. The zero-order chi connectivity index (χ0) is 33.0. The number of nitrogens with zero attached hydrogens (tertiary/aromatic N) is 3. The molecule has 2 fully saturated rings. The Hall–Kier alpha value is -4.74. The summed E-state index contributed by atoms with van der Waals surface area (Å²) in [5.74, 6) is -0.591. The molecule has 0 radical (unpaired) electrons. The summed E-state index contributed by atoms with van der Waals surface area (Å²) in [6.45, 7) is 9.25. The third kappa shape index (κ3) is 5.33. The Balaban J connectivity index is 1.07. The maximum Gasteiger partial charge on any atom is 0.234 e. The number of anilines is 1. The van der Waals surface area contributed by atoms with E-state index in [1.54, 1.807) is 6.07 Å². The summed E-state index contributed by atoms with van der Waals surface area (Å²) in [6.07, 6.45) is 3.88. The van der Waals surface area contributed by atoms with E-state index in [2.05, 4.69) is 78.3 Å². The molecule has 8 heteroatoms. The molecule has 2 amide bonds. The first-order chi connectivity index (χ1) is 22.6. The normalized spacial score (nSPS) is 19.4. The third-order valence-electron chi connectivity index (χ3n) is 10.8. The van der Waals surface area contributed by atoms with Gasteiger partial charge in [-0.25, -0.2) is 0 Å². The molecule has 1 unspecified atom stereocenters. The number of carbonyl (C=O) groups is 3. The van der Waals surface area contributed by atoms with Crippen molar-refractivity contribution in [3.05, 3.63) is 99.2 Å². The second kappa shape index (κ2) is 11.8. The number of rotatable bonds is 6. The van der Waals surface area contributed by atoms with Crippen LogP contribution in [0.25, 0.3) is 10.9 Å². The lowest BCUT2D eigenvalue weighted by Crippen LogP contribution is -2.43. The van der Waals surface area contributed by atoms with Gasteiger partial charge >= 0.3 is 0 Å². The Kier molecular flexibility index (Phi) is 7.76. The fourth-order valence-corrected chi connectivity index (χ4v) is 7.99.